The zero-order chi connectivity index (χ0) is 18.0. The lowest BCUT2D eigenvalue weighted by Crippen LogP contribution is -2.07. The zero-order valence-electron chi connectivity index (χ0n) is 13.5. The minimum absolute atomic E-state index is 0.181. The van der Waals surface area contributed by atoms with Crippen LogP contribution in [0.25, 0.3) is 22.2 Å². The van der Waals surface area contributed by atoms with Crippen LogP contribution in [0.1, 0.15) is 24.0 Å². The molecule has 0 aliphatic heterocycles. The number of rotatable bonds is 5. The number of fused-ring (bicyclic) bond motifs is 1. The lowest BCUT2D eigenvalue weighted by molar-refractivity contribution is -0.137. The standard InChI is InChI=1S/C19H18BrF3N2/c20-16-10-5-8-13-12(6-3-4-11-24)17(25-18(13)16)14-7-1-2-9-15(14)19(21,22)23/h1-2,5,7-10,25H,3-4,6,11,24H2. The van der Waals surface area contributed by atoms with Crippen molar-refractivity contribution in [3.8, 4) is 11.3 Å². The lowest BCUT2D eigenvalue weighted by Gasteiger charge is -2.13. The Bertz CT molecular complexity index is 884. The summed E-state index contributed by atoms with van der Waals surface area (Å²) in [5, 5.41) is 0.943. The van der Waals surface area contributed by atoms with Crippen LogP contribution in [0, 0.1) is 0 Å². The molecule has 1 aromatic heterocycles. The van der Waals surface area contributed by atoms with Gasteiger partial charge < -0.3 is 10.7 Å². The van der Waals surface area contributed by atoms with E-state index in [0.29, 0.717) is 18.7 Å². The van der Waals surface area contributed by atoms with Crippen LogP contribution in [-0.2, 0) is 12.6 Å². The topological polar surface area (TPSA) is 41.8 Å². The van der Waals surface area contributed by atoms with E-state index in [2.05, 4.69) is 20.9 Å². The molecule has 0 spiro atoms. The third-order valence-corrected chi connectivity index (χ3v) is 4.93. The summed E-state index contributed by atoms with van der Waals surface area (Å²) in [7, 11) is 0. The molecule has 25 heavy (non-hydrogen) atoms. The number of aromatic amines is 1. The van der Waals surface area contributed by atoms with Gasteiger partial charge in [0, 0.05) is 15.4 Å². The van der Waals surface area contributed by atoms with Crippen LogP contribution in [-0.4, -0.2) is 11.5 Å². The number of H-pyrrole nitrogens is 1. The van der Waals surface area contributed by atoms with E-state index in [9.17, 15) is 13.2 Å². The number of halogens is 4. The highest BCUT2D eigenvalue weighted by Crippen LogP contribution is 2.41. The molecule has 0 aliphatic rings. The molecule has 0 unspecified atom stereocenters. The first-order valence-electron chi connectivity index (χ1n) is 8.09. The van der Waals surface area contributed by atoms with Gasteiger partial charge in [-0.2, -0.15) is 13.2 Å². The van der Waals surface area contributed by atoms with Crippen molar-refractivity contribution >= 4 is 26.8 Å². The van der Waals surface area contributed by atoms with Crippen molar-refractivity contribution in [2.75, 3.05) is 6.54 Å². The fraction of sp³-hybridized carbons (Fsp3) is 0.263. The molecule has 2 aromatic carbocycles. The first kappa shape index (κ1) is 18.0. The van der Waals surface area contributed by atoms with Crippen LogP contribution < -0.4 is 5.73 Å². The molecule has 0 radical (unpaired) electrons. The van der Waals surface area contributed by atoms with E-state index in [4.69, 9.17) is 5.73 Å². The minimum atomic E-state index is -4.40. The molecule has 2 nitrogen and oxygen atoms in total. The Hall–Kier alpha value is -1.79. The Morgan fingerprint density at radius 2 is 1.76 bits per heavy atom. The Kier molecular flexibility index (Phi) is 5.20. The largest absolute Gasteiger partial charge is 0.417 e. The molecule has 3 aromatic rings. The quantitative estimate of drug-likeness (QED) is 0.505. The van der Waals surface area contributed by atoms with Gasteiger partial charge in [-0.05, 0) is 59.4 Å². The Morgan fingerprint density at radius 1 is 1.00 bits per heavy atom. The maximum Gasteiger partial charge on any atom is 0.417 e. The number of benzene rings is 2. The highest BCUT2D eigenvalue weighted by Gasteiger charge is 2.34. The van der Waals surface area contributed by atoms with Crippen LogP contribution in [0.3, 0.4) is 0 Å². The van der Waals surface area contributed by atoms with Gasteiger partial charge in [-0.15, -0.1) is 0 Å². The third-order valence-electron chi connectivity index (χ3n) is 4.27. The molecule has 6 heteroatoms. The number of hydrogen-bond acceptors (Lipinski definition) is 1. The van der Waals surface area contributed by atoms with Gasteiger partial charge >= 0.3 is 6.18 Å². The van der Waals surface area contributed by atoms with Crippen molar-refractivity contribution < 1.29 is 13.2 Å². The zero-order valence-corrected chi connectivity index (χ0v) is 15.0. The van der Waals surface area contributed by atoms with E-state index in [-0.39, 0.29) is 5.56 Å². The van der Waals surface area contributed by atoms with Crippen LogP contribution in [0.15, 0.2) is 46.9 Å². The molecule has 3 N–H and O–H groups in total. The molecule has 0 fully saturated rings. The van der Waals surface area contributed by atoms with Gasteiger partial charge in [0.05, 0.1) is 16.8 Å². The summed E-state index contributed by atoms with van der Waals surface area (Å²) in [6.45, 7) is 0.570. The van der Waals surface area contributed by atoms with Gasteiger partial charge in [-0.1, -0.05) is 30.3 Å². The highest BCUT2D eigenvalue weighted by molar-refractivity contribution is 9.10. The summed E-state index contributed by atoms with van der Waals surface area (Å²) in [6.07, 6.45) is -2.06. The molecule has 1 heterocycles. The minimum Gasteiger partial charge on any atom is -0.353 e. The lowest BCUT2D eigenvalue weighted by atomic mass is 9.97. The third kappa shape index (κ3) is 3.60. The fourth-order valence-corrected chi connectivity index (χ4v) is 3.59. The Balaban J connectivity index is 2.22. The number of para-hydroxylation sites is 1. The second kappa shape index (κ2) is 7.22. The summed E-state index contributed by atoms with van der Waals surface area (Å²) in [5.74, 6) is 0. The number of nitrogens with one attached hydrogen (secondary N) is 1. The van der Waals surface area contributed by atoms with Crippen LogP contribution in [0.4, 0.5) is 13.2 Å². The fourth-order valence-electron chi connectivity index (χ4n) is 3.12. The molecule has 0 aliphatic carbocycles. The molecular weight excluding hydrogens is 393 g/mol. The molecule has 0 saturated carbocycles. The molecule has 0 amide bonds. The second-order valence-electron chi connectivity index (χ2n) is 5.93. The Labute approximate surface area is 152 Å². The number of nitrogens with two attached hydrogens (primary N) is 1. The van der Waals surface area contributed by atoms with Crippen LogP contribution in [0.5, 0.6) is 0 Å². The van der Waals surface area contributed by atoms with Crippen molar-refractivity contribution in [2.24, 2.45) is 5.73 Å². The van der Waals surface area contributed by atoms with E-state index in [1.807, 2.05) is 18.2 Å². The van der Waals surface area contributed by atoms with E-state index in [1.165, 1.54) is 12.1 Å². The second-order valence-corrected chi connectivity index (χ2v) is 6.78. The van der Waals surface area contributed by atoms with Crippen molar-refractivity contribution in [1.82, 2.24) is 4.98 Å². The van der Waals surface area contributed by atoms with Crippen molar-refractivity contribution in [1.29, 1.82) is 0 Å². The van der Waals surface area contributed by atoms with Gasteiger partial charge in [0.1, 0.15) is 0 Å². The van der Waals surface area contributed by atoms with Crippen LogP contribution >= 0.6 is 15.9 Å². The van der Waals surface area contributed by atoms with Gasteiger partial charge in [0.2, 0.25) is 0 Å². The van der Waals surface area contributed by atoms with Gasteiger partial charge in [-0.3, -0.25) is 0 Å². The molecule has 0 bridgehead atoms. The van der Waals surface area contributed by atoms with Crippen molar-refractivity contribution in [3.63, 3.8) is 0 Å². The maximum atomic E-state index is 13.5. The van der Waals surface area contributed by atoms with Crippen LogP contribution in [0.2, 0.25) is 0 Å². The predicted molar refractivity (Wildman–Crippen MR) is 98.4 cm³/mol. The van der Waals surface area contributed by atoms with Gasteiger partial charge in [-0.25, -0.2) is 0 Å². The smallest absolute Gasteiger partial charge is 0.353 e. The Morgan fingerprint density at radius 3 is 2.48 bits per heavy atom. The number of aromatic nitrogens is 1. The average Bonchev–Trinajstić information content (AvgIpc) is 2.95. The first-order chi connectivity index (χ1) is 11.9. The molecule has 0 saturated heterocycles. The van der Waals surface area contributed by atoms with Crippen molar-refractivity contribution in [3.05, 3.63) is 58.1 Å². The molecule has 132 valence electrons. The van der Waals surface area contributed by atoms with Gasteiger partial charge in [0.25, 0.3) is 0 Å². The highest BCUT2D eigenvalue weighted by atomic mass is 79.9. The monoisotopic (exact) mass is 410 g/mol. The van der Waals surface area contributed by atoms with Crippen molar-refractivity contribution in [2.45, 2.75) is 25.4 Å². The molecule has 0 atom stereocenters. The predicted octanol–water partition coefficient (Wildman–Crippen LogP) is 5.90. The SMILES string of the molecule is NCCCCc1c(-c2ccccc2C(F)(F)F)[nH]c2c(Br)cccc12. The van der Waals surface area contributed by atoms with E-state index >= 15 is 0 Å². The normalized spacial score (nSPS) is 12.0. The summed E-state index contributed by atoms with van der Waals surface area (Å²) in [5.41, 5.74) is 7.38. The molecular formula is C19H18BrF3N2. The molecule has 3 rings (SSSR count). The average molecular weight is 411 g/mol. The summed E-state index contributed by atoms with van der Waals surface area (Å²) in [4.78, 5) is 3.21. The van der Waals surface area contributed by atoms with Gasteiger partial charge in [0.15, 0.2) is 0 Å². The number of unbranched alkanes of at least 4 members (excludes halogenated alkanes) is 1. The summed E-state index contributed by atoms with van der Waals surface area (Å²) < 4.78 is 41.2. The summed E-state index contributed by atoms with van der Waals surface area (Å²) in [6, 6.07) is 11.4. The number of aryl methyl sites for hydroxylation is 1. The number of alkyl halides is 3. The van der Waals surface area contributed by atoms with E-state index < -0.39 is 11.7 Å². The number of hydrogen-bond donors (Lipinski definition) is 2. The maximum absolute atomic E-state index is 13.5. The first-order valence-corrected chi connectivity index (χ1v) is 8.88. The summed E-state index contributed by atoms with van der Waals surface area (Å²) >= 11 is 3.48. The van der Waals surface area contributed by atoms with E-state index in [1.54, 1.807) is 6.07 Å². The van der Waals surface area contributed by atoms with E-state index in [0.717, 1.165) is 39.8 Å².